The van der Waals surface area contributed by atoms with Crippen LogP contribution in [-0.4, -0.2) is 43.6 Å². The van der Waals surface area contributed by atoms with Crippen molar-refractivity contribution >= 4 is 5.91 Å². The zero-order valence-corrected chi connectivity index (χ0v) is 14.3. The zero-order chi connectivity index (χ0) is 18.1. The van der Waals surface area contributed by atoms with E-state index in [1.165, 1.54) is 4.90 Å². The Bertz CT molecular complexity index is 923. The van der Waals surface area contributed by atoms with E-state index >= 15 is 4.39 Å². The maximum absolute atomic E-state index is 15.6. The fourth-order valence-corrected chi connectivity index (χ4v) is 3.23. The molecule has 26 heavy (non-hydrogen) atoms. The number of hydrogen-bond acceptors (Lipinski definition) is 5. The highest BCUT2D eigenvalue weighted by Crippen LogP contribution is 2.36. The van der Waals surface area contributed by atoms with Gasteiger partial charge < -0.3 is 14.0 Å². The van der Waals surface area contributed by atoms with Gasteiger partial charge in [-0.05, 0) is 37.1 Å². The average Bonchev–Trinajstić information content (AvgIpc) is 3.31. The van der Waals surface area contributed by atoms with Crippen molar-refractivity contribution in [2.45, 2.75) is 18.5 Å². The molecule has 1 amide bonds. The summed E-state index contributed by atoms with van der Waals surface area (Å²) in [5, 5.41) is 3.88. The predicted molar refractivity (Wildman–Crippen MR) is 90.9 cm³/mol. The molecule has 4 heterocycles. The number of likely N-dealkylation sites (tertiary alicyclic amines) is 1. The molecule has 0 N–H and O–H groups in total. The van der Waals surface area contributed by atoms with E-state index in [-0.39, 0.29) is 24.8 Å². The van der Waals surface area contributed by atoms with Gasteiger partial charge in [-0.1, -0.05) is 5.16 Å². The molecule has 0 saturated carbocycles. The van der Waals surface area contributed by atoms with Gasteiger partial charge in [-0.25, -0.2) is 4.39 Å². The second-order valence-electron chi connectivity index (χ2n) is 6.46. The van der Waals surface area contributed by atoms with E-state index in [4.69, 9.17) is 4.52 Å². The number of pyridine rings is 1. The third-order valence-corrected chi connectivity index (χ3v) is 4.64. The van der Waals surface area contributed by atoms with Crippen LogP contribution >= 0.6 is 0 Å². The Kier molecular flexibility index (Phi) is 4.02. The topological polar surface area (TPSA) is 77.1 Å². The van der Waals surface area contributed by atoms with Crippen molar-refractivity contribution in [1.29, 1.82) is 0 Å². The van der Waals surface area contributed by atoms with Crippen molar-refractivity contribution in [2.75, 3.05) is 13.1 Å². The molecule has 3 aromatic rings. The first-order valence-electron chi connectivity index (χ1n) is 8.41. The minimum absolute atomic E-state index is 0.0892. The summed E-state index contributed by atoms with van der Waals surface area (Å²) in [4.78, 5) is 22.4. The van der Waals surface area contributed by atoms with Crippen molar-refractivity contribution in [3.05, 3.63) is 54.4 Å². The van der Waals surface area contributed by atoms with Gasteiger partial charge in [0.1, 0.15) is 5.69 Å². The molecule has 0 aliphatic carbocycles. The molecule has 7 nitrogen and oxygen atoms in total. The van der Waals surface area contributed by atoms with Crippen LogP contribution < -0.4 is 0 Å². The van der Waals surface area contributed by atoms with Crippen molar-refractivity contribution < 1.29 is 13.7 Å². The highest BCUT2D eigenvalue weighted by atomic mass is 19.1. The second kappa shape index (κ2) is 6.36. The minimum atomic E-state index is -1.85. The maximum atomic E-state index is 15.6. The first-order chi connectivity index (χ1) is 12.6. The third kappa shape index (κ3) is 2.87. The number of rotatable bonds is 3. The Labute approximate surface area is 149 Å². The van der Waals surface area contributed by atoms with Crippen molar-refractivity contribution in [3.8, 4) is 11.4 Å². The lowest BCUT2D eigenvalue weighted by atomic mass is 9.94. The van der Waals surface area contributed by atoms with Gasteiger partial charge in [0.05, 0.1) is 6.54 Å². The summed E-state index contributed by atoms with van der Waals surface area (Å²) >= 11 is 0. The van der Waals surface area contributed by atoms with E-state index in [1.54, 1.807) is 54.5 Å². The first kappa shape index (κ1) is 16.4. The van der Waals surface area contributed by atoms with E-state index in [9.17, 15) is 4.79 Å². The van der Waals surface area contributed by atoms with Crippen LogP contribution in [0.25, 0.3) is 11.4 Å². The number of aryl methyl sites for hydroxylation is 1. The molecule has 1 saturated heterocycles. The van der Waals surface area contributed by atoms with Gasteiger partial charge in [0.2, 0.25) is 11.5 Å². The second-order valence-corrected chi connectivity index (χ2v) is 6.46. The Morgan fingerprint density at radius 3 is 2.85 bits per heavy atom. The van der Waals surface area contributed by atoms with Gasteiger partial charge in [0.15, 0.2) is 0 Å². The third-order valence-electron chi connectivity index (χ3n) is 4.64. The van der Waals surface area contributed by atoms with Gasteiger partial charge >= 0.3 is 0 Å². The Morgan fingerprint density at radius 1 is 1.31 bits per heavy atom. The molecule has 1 aliphatic rings. The molecule has 0 spiro atoms. The number of aromatic nitrogens is 4. The predicted octanol–water partition coefficient (Wildman–Crippen LogP) is 2.57. The summed E-state index contributed by atoms with van der Waals surface area (Å²) in [6.45, 7) is 0.399. The molecule has 0 aromatic carbocycles. The molecule has 1 atom stereocenters. The van der Waals surface area contributed by atoms with Gasteiger partial charge in [0, 0.05) is 37.7 Å². The van der Waals surface area contributed by atoms with Crippen LogP contribution in [0.4, 0.5) is 4.39 Å². The number of carbonyl (C=O) groups is 1. The number of nitrogens with zero attached hydrogens (tertiary/aromatic N) is 5. The number of hydrogen-bond donors (Lipinski definition) is 0. The highest BCUT2D eigenvalue weighted by molar-refractivity contribution is 5.92. The summed E-state index contributed by atoms with van der Waals surface area (Å²) < 4.78 is 22.5. The van der Waals surface area contributed by atoms with Crippen LogP contribution in [0.1, 0.15) is 29.2 Å². The van der Waals surface area contributed by atoms with Crippen LogP contribution in [0.15, 0.2) is 47.4 Å². The van der Waals surface area contributed by atoms with Crippen LogP contribution in [0.5, 0.6) is 0 Å². The smallest absolute Gasteiger partial charge is 0.270 e. The quantitative estimate of drug-likeness (QED) is 0.722. The molecule has 4 rings (SSSR count). The monoisotopic (exact) mass is 355 g/mol. The van der Waals surface area contributed by atoms with Gasteiger partial charge in [-0.15, -0.1) is 0 Å². The normalized spacial score (nSPS) is 20.3. The SMILES string of the molecule is Cn1cccc1C(=O)N1CCCC(F)(c2nc(-c3ccncc3)no2)C1. The van der Waals surface area contributed by atoms with Crippen molar-refractivity contribution in [3.63, 3.8) is 0 Å². The number of halogens is 1. The molecule has 1 fully saturated rings. The summed E-state index contributed by atoms with van der Waals surface area (Å²) in [5.41, 5.74) is -0.624. The lowest BCUT2D eigenvalue weighted by Crippen LogP contribution is -2.47. The Hall–Kier alpha value is -3.03. The lowest BCUT2D eigenvalue weighted by molar-refractivity contribution is 0.0147. The molecule has 134 valence electrons. The maximum Gasteiger partial charge on any atom is 0.270 e. The van der Waals surface area contributed by atoms with Gasteiger partial charge in [-0.3, -0.25) is 9.78 Å². The van der Waals surface area contributed by atoms with E-state index in [2.05, 4.69) is 15.1 Å². The van der Waals surface area contributed by atoms with E-state index in [1.807, 2.05) is 0 Å². The average molecular weight is 355 g/mol. The standard InChI is InChI=1S/C18H18FN5O2/c1-23-10-2-4-14(23)16(25)24-11-3-7-18(19,12-24)17-21-15(22-26-17)13-5-8-20-9-6-13/h2,4-6,8-10H,3,7,11-12H2,1H3. The van der Waals surface area contributed by atoms with Crippen molar-refractivity contribution in [2.24, 2.45) is 7.05 Å². The van der Waals surface area contributed by atoms with Crippen LogP contribution in [0, 0.1) is 0 Å². The van der Waals surface area contributed by atoms with E-state index in [0.29, 0.717) is 30.0 Å². The fourth-order valence-electron chi connectivity index (χ4n) is 3.23. The molecule has 0 bridgehead atoms. The van der Waals surface area contributed by atoms with E-state index < -0.39 is 5.67 Å². The fraction of sp³-hybridized carbons (Fsp3) is 0.333. The van der Waals surface area contributed by atoms with Gasteiger partial charge in [-0.2, -0.15) is 4.98 Å². The molecule has 8 heteroatoms. The summed E-state index contributed by atoms with van der Waals surface area (Å²) in [6, 6.07) is 6.97. The molecular weight excluding hydrogens is 337 g/mol. The largest absolute Gasteiger partial charge is 0.347 e. The molecule has 0 radical (unpaired) electrons. The van der Waals surface area contributed by atoms with Crippen LogP contribution in [0.3, 0.4) is 0 Å². The zero-order valence-electron chi connectivity index (χ0n) is 14.3. The molecule has 3 aromatic heterocycles. The molecule has 1 unspecified atom stereocenters. The highest BCUT2D eigenvalue weighted by Gasteiger charge is 2.44. The number of piperidine rings is 1. The van der Waals surface area contributed by atoms with Crippen LogP contribution in [0.2, 0.25) is 0 Å². The summed E-state index contributed by atoms with van der Waals surface area (Å²) in [6.07, 6.45) is 5.77. The number of carbonyl (C=O) groups excluding carboxylic acids is 1. The Morgan fingerprint density at radius 2 is 2.12 bits per heavy atom. The van der Waals surface area contributed by atoms with Gasteiger partial charge in [0.25, 0.3) is 11.8 Å². The number of alkyl halides is 1. The molecular formula is C18H18FN5O2. The number of amides is 1. The summed E-state index contributed by atoms with van der Waals surface area (Å²) in [5.74, 6) is 0.0205. The Balaban J connectivity index is 1.57. The molecule has 1 aliphatic heterocycles. The van der Waals surface area contributed by atoms with Crippen LogP contribution in [-0.2, 0) is 12.7 Å². The first-order valence-corrected chi connectivity index (χ1v) is 8.41. The minimum Gasteiger partial charge on any atom is -0.347 e. The van der Waals surface area contributed by atoms with Crippen molar-refractivity contribution in [1.82, 2.24) is 24.6 Å². The lowest BCUT2D eigenvalue weighted by Gasteiger charge is -2.35. The van der Waals surface area contributed by atoms with E-state index in [0.717, 1.165) is 0 Å². The summed E-state index contributed by atoms with van der Waals surface area (Å²) in [7, 11) is 1.79.